The van der Waals surface area contributed by atoms with Crippen LogP contribution in [0, 0.1) is 0 Å². The third-order valence-electron chi connectivity index (χ3n) is 2.29. The topological polar surface area (TPSA) is 81.4 Å². The molecule has 0 spiro atoms. The molecule has 0 aromatic heterocycles. The molecule has 0 heterocycles. The predicted molar refractivity (Wildman–Crippen MR) is 82.7 cm³/mol. The van der Waals surface area contributed by atoms with Crippen LogP contribution in [0.2, 0.25) is 6.04 Å². The Balaban J connectivity index is 0. The van der Waals surface area contributed by atoms with Crippen molar-refractivity contribution in [2.75, 3.05) is 47.7 Å². The fraction of sp³-hybridized carbons (Fsp3) is 1.00. The van der Waals surface area contributed by atoms with Crippen LogP contribution in [0.3, 0.4) is 0 Å². The van der Waals surface area contributed by atoms with Gasteiger partial charge < -0.3 is 32.3 Å². The molecule has 0 amide bonds. The smallest absolute Gasteiger partial charge is 0.377 e. The average Bonchev–Trinajstić information content (AvgIpc) is 2.47. The molecule has 0 atom stereocenters. The van der Waals surface area contributed by atoms with Crippen LogP contribution in [0.25, 0.3) is 0 Å². The van der Waals surface area contributed by atoms with E-state index < -0.39 is 18.3 Å². The molecule has 0 bridgehead atoms. The van der Waals surface area contributed by atoms with E-state index in [0.29, 0.717) is 32.4 Å². The lowest BCUT2D eigenvalue weighted by molar-refractivity contribution is 0.107. The number of hydrogen-bond acceptors (Lipinski definition) is 7. The minimum Gasteiger partial charge on any atom is -0.377 e. The molecule has 9 heteroatoms. The molecule has 2 N–H and O–H groups in total. The van der Waals surface area contributed by atoms with Gasteiger partial charge in [-0.1, -0.05) is 0 Å². The summed E-state index contributed by atoms with van der Waals surface area (Å²) >= 11 is 0. The van der Waals surface area contributed by atoms with Gasteiger partial charge in [0.2, 0.25) is 0 Å². The summed E-state index contributed by atoms with van der Waals surface area (Å²) in [4.78, 5) is 0. The molecule has 124 valence electrons. The number of rotatable bonds is 11. The second kappa shape index (κ2) is 15.5. The highest BCUT2D eigenvalue weighted by molar-refractivity contribution is 6.60. The molecule has 0 aromatic rings. The SMILES string of the molecule is CCO[SiH](OCC)OCC.CO[Si](CCN)(OC)OC. The van der Waals surface area contributed by atoms with Crippen LogP contribution in [0.4, 0.5) is 0 Å². The largest absolute Gasteiger partial charge is 0.501 e. The van der Waals surface area contributed by atoms with Crippen molar-refractivity contribution in [3.63, 3.8) is 0 Å². The fourth-order valence-electron chi connectivity index (χ4n) is 1.29. The lowest BCUT2D eigenvalue weighted by Crippen LogP contribution is -2.44. The van der Waals surface area contributed by atoms with Gasteiger partial charge in [0, 0.05) is 47.2 Å². The summed E-state index contributed by atoms with van der Waals surface area (Å²) in [6, 6.07) is 0.663. The first kappa shape index (κ1) is 22.4. The Hall–Kier alpha value is 0.154. The highest BCUT2D eigenvalue weighted by Gasteiger charge is 2.36. The second-order valence-corrected chi connectivity index (χ2v) is 8.16. The van der Waals surface area contributed by atoms with E-state index in [1.807, 2.05) is 20.8 Å². The Morgan fingerprint density at radius 1 is 0.800 bits per heavy atom. The maximum Gasteiger partial charge on any atom is 0.501 e. The predicted octanol–water partition coefficient (Wildman–Crippen LogP) is 0.636. The minimum atomic E-state index is -2.34. The molecule has 0 saturated carbocycles. The molecule has 0 aromatic carbocycles. The van der Waals surface area contributed by atoms with E-state index >= 15 is 0 Å². The van der Waals surface area contributed by atoms with Gasteiger partial charge in [-0.2, -0.15) is 0 Å². The van der Waals surface area contributed by atoms with Crippen molar-refractivity contribution in [1.82, 2.24) is 0 Å². The lowest BCUT2D eigenvalue weighted by Gasteiger charge is -2.23. The summed E-state index contributed by atoms with van der Waals surface area (Å²) in [6.45, 7) is 8.39. The Kier molecular flexibility index (Phi) is 17.4. The normalized spacial score (nSPS) is 11.4. The van der Waals surface area contributed by atoms with Crippen molar-refractivity contribution in [2.45, 2.75) is 26.8 Å². The lowest BCUT2D eigenvalue weighted by atomic mass is 10.8. The van der Waals surface area contributed by atoms with Crippen molar-refractivity contribution < 1.29 is 26.6 Å². The van der Waals surface area contributed by atoms with Gasteiger partial charge in [-0.25, -0.2) is 0 Å². The Bertz CT molecular complexity index is 175. The maximum atomic E-state index is 5.34. The van der Waals surface area contributed by atoms with Crippen LogP contribution in [0.5, 0.6) is 0 Å². The Labute approximate surface area is 126 Å². The third-order valence-corrected chi connectivity index (χ3v) is 6.88. The van der Waals surface area contributed by atoms with Gasteiger partial charge in [-0.05, 0) is 27.3 Å². The summed E-state index contributed by atoms with van der Waals surface area (Å²) in [5.74, 6) is 0. The van der Waals surface area contributed by atoms with Gasteiger partial charge in [-0.3, -0.25) is 0 Å². The van der Waals surface area contributed by atoms with Gasteiger partial charge >= 0.3 is 18.3 Å². The molecule has 20 heavy (non-hydrogen) atoms. The average molecular weight is 330 g/mol. The summed E-state index contributed by atoms with van der Waals surface area (Å²) in [7, 11) is 0.659. The van der Waals surface area contributed by atoms with Gasteiger partial charge in [0.05, 0.1) is 0 Å². The first-order chi connectivity index (χ1) is 9.59. The van der Waals surface area contributed by atoms with Crippen LogP contribution >= 0.6 is 0 Å². The van der Waals surface area contributed by atoms with Gasteiger partial charge in [-0.15, -0.1) is 0 Å². The molecule has 0 aliphatic heterocycles. The fourth-order valence-corrected chi connectivity index (χ4v) is 3.86. The summed E-state index contributed by atoms with van der Waals surface area (Å²) in [6.07, 6.45) is 0. The minimum absolute atomic E-state index is 0.530. The number of nitrogens with two attached hydrogens (primary N) is 1. The number of hydrogen-bond donors (Lipinski definition) is 1. The van der Waals surface area contributed by atoms with Crippen LogP contribution < -0.4 is 5.73 Å². The maximum absolute atomic E-state index is 5.34. The van der Waals surface area contributed by atoms with Crippen molar-refractivity contribution in [3.05, 3.63) is 0 Å². The molecule has 0 unspecified atom stereocenters. The van der Waals surface area contributed by atoms with E-state index in [4.69, 9.17) is 32.3 Å². The first-order valence-corrected chi connectivity index (χ1v) is 10.1. The van der Waals surface area contributed by atoms with Crippen molar-refractivity contribution in [1.29, 1.82) is 0 Å². The van der Waals surface area contributed by atoms with Crippen molar-refractivity contribution in [2.24, 2.45) is 5.73 Å². The van der Waals surface area contributed by atoms with Crippen molar-refractivity contribution >= 4 is 18.3 Å². The van der Waals surface area contributed by atoms with Crippen LogP contribution in [0.1, 0.15) is 20.8 Å². The molecular formula is C11H31NO6Si2. The van der Waals surface area contributed by atoms with E-state index in [2.05, 4.69) is 0 Å². The Morgan fingerprint density at radius 2 is 1.15 bits per heavy atom. The highest BCUT2D eigenvalue weighted by Crippen LogP contribution is 2.10. The second-order valence-electron chi connectivity index (χ2n) is 3.49. The first-order valence-electron chi connectivity index (χ1n) is 6.79. The molecular weight excluding hydrogens is 298 g/mol. The van der Waals surface area contributed by atoms with Gasteiger partial charge in [0.1, 0.15) is 0 Å². The van der Waals surface area contributed by atoms with E-state index in [1.165, 1.54) is 0 Å². The molecule has 0 fully saturated rings. The van der Waals surface area contributed by atoms with E-state index in [9.17, 15) is 0 Å². The summed E-state index contributed by atoms with van der Waals surface area (Å²) in [5.41, 5.74) is 5.34. The Morgan fingerprint density at radius 3 is 1.30 bits per heavy atom. The van der Waals surface area contributed by atoms with Crippen LogP contribution in [0.15, 0.2) is 0 Å². The molecule has 0 radical (unpaired) electrons. The molecule has 7 nitrogen and oxygen atoms in total. The van der Waals surface area contributed by atoms with Crippen molar-refractivity contribution in [3.8, 4) is 0 Å². The monoisotopic (exact) mass is 329 g/mol. The zero-order chi connectivity index (χ0) is 15.9. The quantitative estimate of drug-likeness (QED) is 0.557. The third kappa shape index (κ3) is 10.9. The molecule has 0 rings (SSSR count). The summed E-state index contributed by atoms with van der Waals surface area (Å²) < 4.78 is 30.9. The van der Waals surface area contributed by atoms with E-state index in [1.54, 1.807) is 21.3 Å². The van der Waals surface area contributed by atoms with Gasteiger partial charge in [0.15, 0.2) is 0 Å². The molecule has 0 aliphatic carbocycles. The zero-order valence-electron chi connectivity index (χ0n) is 13.6. The highest BCUT2D eigenvalue weighted by atomic mass is 28.4. The van der Waals surface area contributed by atoms with Crippen LogP contribution in [-0.2, 0) is 26.6 Å². The van der Waals surface area contributed by atoms with E-state index in [0.717, 1.165) is 0 Å². The van der Waals surface area contributed by atoms with Gasteiger partial charge in [0.25, 0.3) is 0 Å². The zero-order valence-corrected chi connectivity index (χ0v) is 15.8. The molecule has 0 aliphatic rings. The standard InChI is InChI=1S/C6H16O3Si.C5H15NO3Si/c1-4-7-10(8-5-2)9-6-3;1-7-10(8-2,9-3)5-4-6/h10H,4-6H2,1-3H3;4-6H2,1-3H3. The van der Waals surface area contributed by atoms with Crippen LogP contribution in [-0.4, -0.2) is 66.0 Å². The summed E-state index contributed by atoms with van der Waals surface area (Å²) in [5, 5.41) is 0. The van der Waals surface area contributed by atoms with E-state index in [-0.39, 0.29) is 0 Å². The molecule has 0 saturated heterocycles.